The van der Waals surface area contributed by atoms with Crippen molar-refractivity contribution in [2.24, 2.45) is 5.92 Å². The molecule has 0 saturated carbocycles. The highest BCUT2D eigenvalue weighted by Crippen LogP contribution is 2.17. The van der Waals surface area contributed by atoms with Gasteiger partial charge in [0.05, 0.1) is 0 Å². The van der Waals surface area contributed by atoms with E-state index in [1.54, 1.807) is 0 Å². The van der Waals surface area contributed by atoms with Gasteiger partial charge in [-0.25, -0.2) is 0 Å². The maximum Gasteiger partial charge on any atom is 0.00966 e. The molecule has 0 bridgehead atoms. The van der Waals surface area contributed by atoms with Crippen LogP contribution in [0, 0.1) is 5.92 Å². The third-order valence-electron chi connectivity index (χ3n) is 4.08. The van der Waals surface area contributed by atoms with Crippen LogP contribution in [0.15, 0.2) is 0 Å². The molecule has 0 amide bonds. The van der Waals surface area contributed by atoms with Crippen LogP contribution in [-0.4, -0.2) is 12.1 Å². The summed E-state index contributed by atoms with van der Waals surface area (Å²) in [6.45, 7) is 12.6. The summed E-state index contributed by atoms with van der Waals surface area (Å²) < 4.78 is 0. The summed E-state index contributed by atoms with van der Waals surface area (Å²) in [6, 6.07) is 0. The van der Waals surface area contributed by atoms with E-state index in [4.69, 9.17) is 0 Å². The van der Waals surface area contributed by atoms with Gasteiger partial charge in [0.15, 0.2) is 0 Å². The zero-order valence-electron chi connectivity index (χ0n) is 15.1. The van der Waals surface area contributed by atoms with Crippen molar-refractivity contribution >= 4 is 0 Å². The van der Waals surface area contributed by atoms with Gasteiger partial charge >= 0.3 is 0 Å². The Morgan fingerprint density at radius 2 is 1.25 bits per heavy atom. The van der Waals surface area contributed by atoms with E-state index in [0.717, 1.165) is 5.92 Å². The molecule has 0 aromatic rings. The van der Waals surface area contributed by atoms with Gasteiger partial charge in [0.2, 0.25) is 0 Å². The van der Waals surface area contributed by atoms with Crippen LogP contribution in [0.2, 0.25) is 0 Å². The van der Waals surface area contributed by atoms with Crippen molar-refractivity contribution in [3.63, 3.8) is 0 Å². The van der Waals surface area contributed by atoms with E-state index in [1.165, 1.54) is 77.2 Å². The van der Waals surface area contributed by atoms with E-state index >= 15 is 0 Å². The molecule has 0 radical (unpaired) electrons. The van der Waals surface area contributed by atoms with E-state index in [9.17, 15) is 0 Å². The van der Waals surface area contributed by atoms with Gasteiger partial charge in [-0.1, -0.05) is 71.6 Å². The average molecular weight is 284 g/mol. The SMILES string of the molecule is CCCCCCCCCCC(CCC)CNC(C)(C)C. The van der Waals surface area contributed by atoms with Gasteiger partial charge in [0.25, 0.3) is 0 Å². The smallest absolute Gasteiger partial charge is 0.00966 e. The molecule has 1 nitrogen and oxygen atoms in total. The standard InChI is InChI=1S/C19H41N/c1-6-8-9-10-11-12-13-14-16-18(15-7-2)17-20-19(3,4)5/h18,20H,6-17H2,1-5H3. The van der Waals surface area contributed by atoms with E-state index in [1.807, 2.05) is 0 Å². The second-order valence-electron chi connectivity index (χ2n) is 7.55. The molecule has 0 rings (SSSR count). The Kier molecular flexibility index (Phi) is 12.7. The van der Waals surface area contributed by atoms with Crippen LogP contribution >= 0.6 is 0 Å². The summed E-state index contributed by atoms with van der Waals surface area (Å²) in [5, 5.41) is 3.68. The molecule has 0 aromatic heterocycles. The predicted octanol–water partition coefficient (Wildman–Crippen LogP) is 6.32. The van der Waals surface area contributed by atoms with Crippen molar-refractivity contribution in [2.75, 3.05) is 6.54 Å². The zero-order valence-corrected chi connectivity index (χ0v) is 15.1. The molecule has 122 valence electrons. The van der Waals surface area contributed by atoms with Gasteiger partial charge in [-0.05, 0) is 46.1 Å². The Hall–Kier alpha value is -0.0400. The van der Waals surface area contributed by atoms with Crippen LogP contribution in [-0.2, 0) is 0 Å². The van der Waals surface area contributed by atoms with Gasteiger partial charge < -0.3 is 5.32 Å². The average Bonchev–Trinajstić information content (AvgIpc) is 2.38. The first kappa shape index (κ1) is 20.0. The summed E-state index contributed by atoms with van der Waals surface area (Å²) in [4.78, 5) is 0. The molecule has 0 heterocycles. The largest absolute Gasteiger partial charge is 0.312 e. The van der Waals surface area contributed by atoms with Crippen molar-refractivity contribution in [1.82, 2.24) is 5.32 Å². The molecular formula is C19H41N. The number of hydrogen-bond acceptors (Lipinski definition) is 1. The number of nitrogens with one attached hydrogen (secondary N) is 1. The molecule has 20 heavy (non-hydrogen) atoms. The topological polar surface area (TPSA) is 12.0 Å². The summed E-state index contributed by atoms with van der Waals surface area (Å²) in [5.74, 6) is 0.888. The lowest BCUT2D eigenvalue weighted by Gasteiger charge is -2.25. The molecule has 0 aliphatic heterocycles. The van der Waals surface area contributed by atoms with Crippen molar-refractivity contribution in [3.8, 4) is 0 Å². The molecular weight excluding hydrogens is 242 g/mol. The second kappa shape index (κ2) is 12.7. The van der Waals surface area contributed by atoms with Crippen LogP contribution in [0.3, 0.4) is 0 Å². The lowest BCUT2D eigenvalue weighted by molar-refractivity contribution is 0.335. The minimum Gasteiger partial charge on any atom is -0.312 e. The van der Waals surface area contributed by atoms with Crippen LogP contribution in [0.25, 0.3) is 0 Å². The fourth-order valence-electron chi connectivity index (χ4n) is 2.77. The first-order chi connectivity index (χ1) is 9.49. The van der Waals surface area contributed by atoms with Gasteiger partial charge in [-0.3, -0.25) is 0 Å². The fraction of sp³-hybridized carbons (Fsp3) is 1.00. The summed E-state index contributed by atoms with van der Waals surface area (Å²) in [7, 11) is 0. The number of rotatable bonds is 13. The van der Waals surface area contributed by atoms with Gasteiger partial charge in [0, 0.05) is 5.54 Å². The van der Waals surface area contributed by atoms with Crippen molar-refractivity contribution in [1.29, 1.82) is 0 Å². The summed E-state index contributed by atoms with van der Waals surface area (Å²) in [5.41, 5.74) is 0.269. The van der Waals surface area contributed by atoms with Crippen LogP contribution in [0.1, 0.15) is 105 Å². The van der Waals surface area contributed by atoms with Crippen molar-refractivity contribution < 1.29 is 0 Å². The van der Waals surface area contributed by atoms with E-state index in [2.05, 4.69) is 39.9 Å². The minimum absolute atomic E-state index is 0.269. The Bertz CT molecular complexity index is 192. The highest BCUT2D eigenvalue weighted by molar-refractivity contribution is 4.73. The first-order valence-electron chi connectivity index (χ1n) is 9.24. The maximum absolute atomic E-state index is 3.68. The van der Waals surface area contributed by atoms with Gasteiger partial charge in [-0.15, -0.1) is 0 Å². The van der Waals surface area contributed by atoms with Gasteiger partial charge in [0.1, 0.15) is 0 Å². The molecule has 1 N–H and O–H groups in total. The third kappa shape index (κ3) is 14.4. The first-order valence-corrected chi connectivity index (χ1v) is 9.24. The number of hydrogen-bond donors (Lipinski definition) is 1. The highest BCUT2D eigenvalue weighted by atomic mass is 14.9. The predicted molar refractivity (Wildman–Crippen MR) is 93.4 cm³/mol. The molecule has 0 aromatic carbocycles. The fourth-order valence-corrected chi connectivity index (χ4v) is 2.77. The van der Waals surface area contributed by atoms with Crippen LogP contribution < -0.4 is 5.32 Å². The minimum atomic E-state index is 0.269. The van der Waals surface area contributed by atoms with Crippen molar-refractivity contribution in [2.45, 2.75) is 111 Å². The van der Waals surface area contributed by atoms with E-state index in [-0.39, 0.29) is 5.54 Å². The Morgan fingerprint density at radius 1 is 0.700 bits per heavy atom. The third-order valence-corrected chi connectivity index (χ3v) is 4.08. The molecule has 1 atom stereocenters. The van der Waals surface area contributed by atoms with E-state index < -0.39 is 0 Å². The highest BCUT2D eigenvalue weighted by Gasteiger charge is 2.13. The Labute approximate surface area is 129 Å². The monoisotopic (exact) mass is 283 g/mol. The Morgan fingerprint density at radius 3 is 1.75 bits per heavy atom. The quantitative estimate of drug-likeness (QED) is 0.390. The Balaban J connectivity index is 3.55. The molecule has 0 aliphatic carbocycles. The van der Waals surface area contributed by atoms with Crippen molar-refractivity contribution in [3.05, 3.63) is 0 Å². The lowest BCUT2D eigenvalue weighted by atomic mass is 9.94. The maximum atomic E-state index is 3.68. The molecule has 0 saturated heterocycles. The second-order valence-corrected chi connectivity index (χ2v) is 7.55. The van der Waals surface area contributed by atoms with Crippen LogP contribution in [0.5, 0.6) is 0 Å². The summed E-state index contributed by atoms with van der Waals surface area (Å²) >= 11 is 0. The molecule has 0 aliphatic rings. The molecule has 0 fully saturated rings. The molecule has 1 unspecified atom stereocenters. The van der Waals surface area contributed by atoms with Crippen LogP contribution in [0.4, 0.5) is 0 Å². The zero-order chi connectivity index (χ0) is 15.3. The summed E-state index contributed by atoms with van der Waals surface area (Å²) in [6.07, 6.45) is 15.6. The van der Waals surface area contributed by atoms with Gasteiger partial charge in [-0.2, -0.15) is 0 Å². The lowest BCUT2D eigenvalue weighted by Crippen LogP contribution is -2.39. The number of unbranched alkanes of at least 4 members (excludes halogenated alkanes) is 7. The van der Waals surface area contributed by atoms with E-state index in [0.29, 0.717) is 0 Å². The molecule has 1 heteroatoms. The normalized spacial score (nSPS) is 13.7. The molecule has 0 spiro atoms.